The summed E-state index contributed by atoms with van der Waals surface area (Å²) in [7, 11) is 5.65. The van der Waals surface area contributed by atoms with Gasteiger partial charge in [-0.3, -0.25) is 0 Å². The van der Waals surface area contributed by atoms with E-state index in [0.717, 1.165) is 0 Å². The van der Waals surface area contributed by atoms with Crippen molar-refractivity contribution in [2.24, 2.45) is 0 Å². The molecule has 0 N–H and O–H groups in total. The monoisotopic (exact) mass is 448 g/mol. The molecular formula is C12H11ClFeHg. The zero-order valence-corrected chi connectivity index (χ0v) is 15.6. The average Bonchev–Trinajstić information content (AvgIpc) is 2.90. The molecule has 0 nitrogen and oxygen atoms in total. The van der Waals surface area contributed by atoms with Gasteiger partial charge in [0.15, 0.2) is 0 Å². The summed E-state index contributed by atoms with van der Waals surface area (Å²) in [5.74, 6) is 0. The quantitative estimate of drug-likeness (QED) is 0.483. The molecule has 0 aliphatic rings. The van der Waals surface area contributed by atoms with Crippen molar-refractivity contribution in [3.8, 4) is 0 Å². The minimum absolute atomic E-state index is 0. The van der Waals surface area contributed by atoms with Crippen molar-refractivity contribution in [3.05, 3.63) is 63.7 Å². The van der Waals surface area contributed by atoms with Gasteiger partial charge < -0.3 is 0 Å². The molecular weight excluding hydrogens is 436 g/mol. The van der Waals surface area contributed by atoms with Gasteiger partial charge in [-0.05, 0) is 0 Å². The van der Waals surface area contributed by atoms with E-state index < -0.39 is 23.3 Å². The standard InChI is InChI=1S/C7H6.C5H5.ClH.Fe.Hg/c1-2-7-5-3-4-6-7;1-2-4-5-3-1;;;/h1-6H;1-5H;1H;;/q2*-1;;+2;+1/p-1. The Morgan fingerprint density at radius 1 is 1.07 bits per heavy atom. The van der Waals surface area contributed by atoms with Gasteiger partial charge in [0.1, 0.15) is 0 Å². The van der Waals surface area contributed by atoms with E-state index in [1.54, 1.807) is 0 Å². The number of hydrogen-bond donors (Lipinski definition) is 0. The molecule has 0 aliphatic heterocycles. The van der Waals surface area contributed by atoms with Crippen molar-refractivity contribution in [3.63, 3.8) is 0 Å². The number of hydrogen-bond acceptors (Lipinski definition) is 0. The topological polar surface area (TPSA) is 0 Å². The van der Waals surface area contributed by atoms with Crippen molar-refractivity contribution in [1.29, 1.82) is 0 Å². The SMILES string of the molecule is [Cl][Hg][CH]=C[c-]1cccc1.[Fe+2].c1cc[cH-]c1. The summed E-state index contributed by atoms with van der Waals surface area (Å²) in [5, 5.41) is 0. The number of halogens is 1. The first-order valence-corrected chi connectivity index (χ1v) is 14.5. The van der Waals surface area contributed by atoms with E-state index in [1.807, 2.05) is 42.5 Å². The molecule has 0 aromatic heterocycles. The summed E-state index contributed by atoms with van der Waals surface area (Å²) in [6, 6.07) is 18.2. The van der Waals surface area contributed by atoms with Gasteiger partial charge >= 0.3 is 88.1 Å². The molecule has 2 aromatic rings. The number of rotatable bonds is 2. The Kier molecular flexibility index (Phi) is 10.8. The molecule has 15 heavy (non-hydrogen) atoms. The van der Waals surface area contributed by atoms with Gasteiger partial charge in [0.2, 0.25) is 0 Å². The van der Waals surface area contributed by atoms with Crippen LogP contribution in [0.1, 0.15) is 5.56 Å². The van der Waals surface area contributed by atoms with Gasteiger partial charge in [0.25, 0.3) is 0 Å². The Morgan fingerprint density at radius 2 is 1.67 bits per heavy atom. The smallest absolute Gasteiger partial charge is 0.214 e. The van der Waals surface area contributed by atoms with Crippen molar-refractivity contribution in [1.82, 2.24) is 0 Å². The second-order valence-electron chi connectivity index (χ2n) is 2.74. The van der Waals surface area contributed by atoms with E-state index in [4.69, 9.17) is 8.25 Å². The molecule has 0 saturated carbocycles. The fourth-order valence-electron chi connectivity index (χ4n) is 1.00. The van der Waals surface area contributed by atoms with Crippen LogP contribution in [-0.2, 0) is 40.4 Å². The zero-order valence-electron chi connectivity index (χ0n) is 8.29. The molecule has 0 aliphatic carbocycles. The fourth-order valence-corrected chi connectivity index (χ4v) is 3.19. The first-order chi connectivity index (χ1) is 6.93. The third-order valence-electron chi connectivity index (χ3n) is 1.64. The van der Waals surface area contributed by atoms with Crippen LogP contribution in [-0.4, -0.2) is 0 Å². The van der Waals surface area contributed by atoms with Crippen LogP contribution < -0.4 is 0 Å². The largest absolute Gasteiger partial charge is 2.00 e. The second kappa shape index (κ2) is 10.7. The Bertz CT molecular complexity index is 307. The average molecular weight is 447 g/mol. The fraction of sp³-hybridized carbons (Fsp3) is 0. The van der Waals surface area contributed by atoms with Crippen LogP contribution in [0.4, 0.5) is 0 Å². The van der Waals surface area contributed by atoms with Crippen LogP contribution in [0.3, 0.4) is 0 Å². The summed E-state index contributed by atoms with van der Waals surface area (Å²) in [6.45, 7) is 0. The van der Waals surface area contributed by atoms with Gasteiger partial charge in [-0.15, -0.1) is 0 Å². The van der Waals surface area contributed by atoms with E-state index in [1.165, 1.54) is 5.56 Å². The molecule has 2 aromatic carbocycles. The predicted molar refractivity (Wildman–Crippen MR) is 59.0 cm³/mol. The Balaban J connectivity index is 0.000000280. The Labute approximate surface area is 117 Å². The molecule has 0 fully saturated rings. The minimum atomic E-state index is -1.02. The van der Waals surface area contributed by atoms with E-state index >= 15 is 0 Å². The summed E-state index contributed by atoms with van der Waals surface area (Å²) >= 11 is -1.02. The van der Waals surface area contributed by atoms with Crippen molar-refractivity contribution >= 4 is 14.3 Å². The molecule has 3 heteroatoms. The summed E-state index contributed by atoms with van der Waals surface area (Å²) in [6.07, 6.45) is 2.11. The summed E-state index contributed by atoms with van der Waals surface area (Å²) < 4.78 is 2.15. The third-order valence-corrected chi connectivity index (χ3v) is 4.82. The maximum absolute atomic E-state index is 5.65. The molecule has 0 atom stereocenters. The van der Waals surface area contributed by atoms with Crippen LogP contribution in [0, 0.1) is 0 Å². The zero-order chi connectivity index (χ0) is 10.1. The molecule has 0 radical (unpaired) electrons. The van der Waals surface area contributed by atoms with Crippen molar-refractivity contribution < 1.29 is 40.4 Å². The third kappa shape index (κ3) is 8.04. The summed E-state index contributed by atoms with van der Waals surface area (Å²) in [5.41, 5.74) is 1.27. The molecule has 0 heterocycles. The second-order valence-corrected chi connectivity index (χ2v) is 8.48. The molecule has 0 saturated heterocycles. The Morgan fingerprint density at radius 3 is 2.07 bits per heavy atom. The van der Waals surface area contributed by atoms with E-state index in [0.29, 0.717) is 0 Å². The minimum Gasteiger partial charge on any atom is -0.214 e. The first-order valence-electron chi connectivity index (χ1n) is 4.54. The van der Waals surface area contributed by atoms with Gasteiger partial charge in [0, 0.05) is 0 Å². The summed E-state index contributed by atoms with van der Waals surface area (Å²) in [4.78, 5) is 0. The maximum Gasteiger partial charge on any atom is 2.00 e. The van der Waals surface area contributed by atoms with Gasteiger partial charge in [-0.1, -0.05) is 0 Å². The van der Waals surface area contributed by atoms with Crippen molar-refractivity contribution in [2.45, 2.75) is 0 Å². The first kappa shape index (κ1) is 15.2. The van der Waals surface area contributed by atoms with Crippen LogP contribution in [0.25, 0.3) is 6.08 Å². The molecule has 0 unspecified atom stereocenters. The molecule has 0 amide bonds. The molecule has 2 rings (SSSR count). The van der Waals surface area contributed by atoms with Crippen LogP contribution in [0.15, 0.2) is 58.2 Å². The maximum atomic E-state index is 5.65. The van der Waals surface area contributed by atoms with Gasteiger partial charge in [-0.2, -0.15) is 18.2 Å². The normalized spacial score (nSPS) is 8.60. The molecule has 76 valence electrons. The van der Waals surface area contributed by atoms with E-state index in [-0.39, 0.29) is 17.1 Å². The Hall–Kier alpha value is 0.185. The van der Waals surface area contributed by atoms with E-state index in [2.05, 4.69) is 21.8 Å². The molecule has 0 spiro atoms. The predicted octanol–water partition coefficient (Wildman–Crippen LogP) is 4.02. The van der Waals surface area contributed by atoms with Gasteiger partial charge in [0.05, 0.1) is 0 Å². The van der Waals surface area contributed by atoms with Crippen LogP contribution >= 0.6 is 8.25 Å². The molecule has 0 bridgehead atoms. The van der Waals surface area contributed by atoms with E-state index in [9.17, 15) is 0 Å². The van der Waals surface area contributed by atoms with Crippen molar-refractivity contribution in [2.75, 3.05) is 0 Å². The van der Waals surface area contributed by atoms with Gasteiger partial charge in [-0.25, -0.2) is 12.1 Å². The van der Waals surface area contributed by atoms with Crippen LogP contribution in [0.2, 0.25) is 0 Å². The van der Waals surface area contributed by atoms with Crippen LogP contribution in [0.5, 0.6) is 0 Å².